The van der Waals surface area contributed by atoms with Crippen molar-refractivity contribution in [2.75, 3.05) is 23.0 Å². The van der Waals surface area contributed by atoms with Crippen LogP contribution in [0, 0.1) is 6.92 Å². The van der Waals surface area contributed by atoms with E-state index in [1.54, 1.807) is 49.7 Å². The second kappa shape index (κ2) is 9.32. The molecular formula is C25H23N5O4S. The predicted octanol–water partition coefficient (Wildman–Crippen LogP) is 4.13. The maximum absolute atomic E-state index is 12.3. The van der Waals surface area contributed by atoms with Crippen molar-refractivity contribution in [3.8, 4) is 11.5 Å². The zero-order chi connectivity index (χ0) is 24.4. The second-order valence-corrected chi connectivity index (χ2v) is 10.1. The molecule has 1 aliphatic rings. The first-order valence-electron chi connectivity index (χ1n) is 11.0. The first-order chi connectivity index (χ1) is 16.9. The van der Waals surface area contributed by atoms with Crippen LogP contribution in [0.3, 0.4) is 0 Å². The van der Waals surface area contributed by atoms with Gasteiger partial charge in [-0.3, -0.25) is 0 Å². The molecule has 3 N–H and O–H groups in total. The molecule has 0 aliphatic carbocycles. The number of sulfone groups is 1. The van der Waals surface area contributed by atoms with E-state index in [-0.39, 0.29) is 18.3 Å². The minimum absolute atomic E-state index is 0.000104. The molecule has 0 bridgehead atoms. The van der Waals surface area contributed by atoms with Crippen molar-refractivity contribution in [2.24, 2.45) is 0 Å². The van der Waals surface area contributed by atoms with E-state index in [1.807, 2.05) is 30.3 Å². The minimum Gasteiger partial charge on any atom is -0.441 e. The summed E-state index contributed by atoms with van der Waals surface area (Å²) in [6, 6.07) is 14.1. The van der Waals surface area contributed by atoms with Gasteiger partial charge in [-0.25, -0.2) is 18.4 Å². The molecular weight excluding hydrogens is 466 g/mol. The molecule has 2 aromatic heterocycles. The number of benzene rings is 2. The molecule has 0 amide bonds. The van der Waals surface area contributed by atoms with Crippen LogP contribution in [0.5, 0.6) is 0 Å². The van der Waals surface area contributed by atoms with Gasteiger partial charge >= 0.3 is 0 Å². The van der Waals surface area contributed by atoms with Crippen LogP contribution in [0.25, 0.3) is 17.5 Å². The molecule has 10 heteroatoms. The number of hydrogen-bond donors (Lipinski definition) is 3. The Labute approximate surface area is 202 Å². The van der Waals surface area contributed by atoms with E-state index in [2.05, 4.69) is 25.6 Å². The van der Waals surface area contributed by atoms with Crippen LogP contribution < -0.4 is 10.6 Å². The molecule has 0 radical (unpaired) electrons. The van der Waals surface area contributed by atoms with Crippen LogP contribution in [0.4, 0.5) is 17.5 Å². The lowest BCUT2D eigenvalue weighted by Gasteiger charge is -2.19. The fourth-order valence-corrected chi connectivity index (χ4v) is 5.12. The Morgan fingerprint density at radius 2 is 1.94 bits per heavy atom. The zero-order valence-corrected chi connectivity index (χ0v) is 19.7. The van der Waals surface area contributed by atoms with Crippen molar-refractivity contribution in [3.63, 3.8) is 0 Å². The average Bonchev–Trinajstić information content (AvgIpc) is 3.29. The van der Waals surface area contributed by atoms with E-state index >= 15 is 0 Å². The lowest BCUT2D eigenvalue weighted by Crippen LogP contribution is -2.17. The fourth-order valence-electron chi connectivity index (χ4n) is 3.83. The summed E-state index contributed by atoms with van der Waals surface area (Å²) < 4.78 is 30.2. The first kappa shape index (κ1) is 22.8. The number of aliphatic hydroxyl groups is 1. The van der Waals surface area contributed by atoms with Gasteiger partial charge in [0.1, 0.15) is 11.6 Å². The predicted molar refractivity (Wildman–Crippen MR) is 133 cm³/mol. The summed E-state index contributed by atoms with van der Waals surface area (Å²) in [5.41, 5.74) is 2.67. The van der Waals surface area contributed by atoms with Gasteiger partial charge in [-0.15, -0.1) is 0 Å². The second-order valence-electron chi connectivity index (χ2n) is 8.08. The molecule has 0 saturated heterocycles. The van der Waals surface area contributed by atoms with Crippen LogP contribution in [0.2, 0.25) is 0 Å². The Hall–Kier alpha value is -4.02. The quantitative estimate of drug-likeness (QED) is 0.351. The van der Waals surface area contributed by atoms with Crippen molar-refractivity contribution in [2.45, 2.75) is 17.9 Å². The Morgan fingerprint density at radius 3 is 2.69 bits per heavy atom. The third-order valence-electron chi connectivity index (χ3n) is 5.55. The van der Waals surface area contributed by atoms with E-state index in [4.69, 9.17) is 4.42 Å². The molecule has 1 aliphatic heterocycles. The highest BCUT2D eigenvalue weighted by Crippen LogP contribution is 2.31. The van der Waals surface area contributed by atoms with Crippen LogP contribution in [-0.4, -0.2) is 40.8 Å². The number of oxazole rings is 1. The molecule has 9 nitrogen and oxygen atoms in total. The summed E-state index contributed by atoms with van der Waals surface area (Å²) in [4.78, 5) is 13.6. The van der Waals surface area contributed by atoms with Gasteiger partial charge in [0.25, 0.3) is 0 Å². The lowest BCUT2D eigenvalue weighted by atomic mass is 10.1. The molecule has 5 rings (SSSR count). The van der Waals surface area contributed by atoms with Gasteiger partial charge in [0.2, 0.25) is 11.8 Å². The molecule has 0 unspecified atom stereocenters. The zero-order valence-electron chi connectivity index (χ0n) is 18.8. The number of hydrogen-bond acceptors (Lipinski definition) is 9. The largest absolute Gasteiger partial charge is 0.441 e. The highest BCUT2D eigenvalue weighted by Gasteiger charge is 2.21. The maximum Gasteiger partial charge on any atom is 0.231 e. The Kier molecular flexibility index (Phi) is 6.06. The number of nitrogens with zero attached hydrogens (tertiary/aromatic N) is 3. The number of anilines is 3. The number of aliphatic hydroxyl groups excluding tert-OH is 1. The Balaban J connectivity index is 1.49. The van der Waals surface area contributed by atoms with E-state index in [1.165, 1.54) is 0 Å². The van der Waals surface area contributed by atoms with Gasteiger partial charge in [0.15, 0.2) is 9.84 Å². The standard InChI is InChI=1S/C25H23N5O4S/c1-16-13-26-24(34-16)20-14-27-25(30-23(20)29-21(15-31)17-6-3-2-4-7-17)28-19-9-10-22-18(12-19)8-5-11-35(22,32)33/h2-10,12-14,21,31H,11,15H2,1H3,(H2,27,28,29,30)/t21-/m1/s1. The SMILES string of the molecule is Cc1cnc(-c2cnc(Nc3ccc4c(c3)C=CCS4(=O)=O)nc2N[C@H](CO)c2ccccc2)o1. The number of aromatic nitrogens is 3. The molecule has 2 aromatic carbocycles. The van der Waals surface area contributed by atoms with Crippen molar-refractivity contribution in [3.05, 3.63) is 83.9 Å². The van der Waals surface area contributed by atoms with Gasteiger partial charge in [-0.1, -0.05) is 42.5 Å². The van der Waals surface area contributed by atoms with E-state index in [9.17, 15) is 13.5 Å². The lowest BCUT2D eigenvalue weighted by molar-refractivity contribution is 0.276. The topological polar surface area (TPSA) is 130 Å². The van der Waals surface area contributed by atoms with Gasteiger partial charge in [0.05, 0.1) is 35.1 Å². The minimum atomic E-state index is -3.31. The summed E-state index contributed by atoms with van der Waals surface area (Å²) in [7, 11) is -3.31. The summed E-state index contributed by atoms with van der Waals surface area (Å²) >= 11 is 0. The van der Waals surface area contributed by atoms with Gasteiger partial charge in [-0.2, -0.15) is 4.98 Å². The van der Waals surface area contributed by atoms with E-state index in [0.29, 0.717) is 39.2 Å². The maximum atomic E-state index is 12.3. The Morgan fingerprint density at radius 1 is 1.11 bits per heavy atom. The number of fused-ring (bicyclic) bond motifs is 1. The van der Waals surface area contributed by atoms with Crippen LogP contribution in [0.1, 0.15) is 22.9 Å². The Bertz CT molecular complexity index is 1500. The van der Waals surface area contributed by atoms with Crippen LogP contribution >= 0.6 is 0 Å². The van der Waals surface area contributed by atoms with Crippen molar-refractivity contribution in [1.82, 2.24) is 15.0 Å². The highest BCUT2D eigenvalue weighted by atomic mass is 32.2. The number of aryl methyl sites for hydroxylation is 1. The van der Waals surface area contributed by atoms with E-state index in [0.717, 1.165) is 5.56 Å². The average molecular weight is 490 g/mol. The van der Waals surface area contributed by atoms with Crippen molar-refractivity contribution < 1.29 is 17.9 Å². The third-order valence-corrected chi connectivity index (χ3v) is 7.22. The molecule has 1 atom stereocenters. The summed E-state index contributed by atoms with van der Waals surface area (Å²) in [6.07, 6.45) is 6.62. The highest BCUT2D eigenvalue weighted by molar-refractivity contribution is 7.91. The molecule has 0 saturated carbocycles. The van der Waals surface area contributed by atoms with Gasteiger partial charge < -0.3 is 20.2 Å². The number of nitrogens with one attached hydrogen (secondary N) is 2. The van der Waals surface area contributed by atoms with Crippen molar-refractivity contribution >= 4 is 33.4 Å². The monoisotopic (exact) mass is 489 g/mol. The first-order valence-corrected chi connectivity index (χ1v) is 12.6. The number of rotatable bonds is 7. The summed E-state index contributed by atoms with van der Waals surface area (Å²) in [5.74, 6) is 1.71. The molecule has 35 heavy (non-hydrogen) atoms. The normalized spacial score (nSPS) is 14.8. The fraction of sp³-hybridized carbons (Fsp3) is 0.160. The molecule has 0 spiro atoms. The van der Waals surface area contributed by atoms with E-state index < -0.39 is 15.9 Å². The van der Waals surface area contributed by atoms with Crippen LogP contribution in [0.15, 0.2) is 76.3 Å². The van der Waals surface area contributed by atoms with Crippen molar-refractivity contribution in [1.29, 1.82) is 0 Å². The third kappa shape index (κ3) is 4.79. The van der Waals surface area contributed by atoms with Crippen LogP contribution in [-0.2, 0) is 9.84 Å². The smallest absolute Gasteiger partial charge is 0.231 e. The molecule has 178 valence electrons. The van der Waals surface area contributed by atoms with Gasteiger partial charge in [0, 0.05) is 11.9 Å². The molecule has 4 aromatic rings. The molecule has 0 fully saturated rings. The van der Waals surface area contributed by atoms with Gasteiger partial charge in [-0.05, 0) is 36.2 Å². The summed E-state index contributed by atoms with van der Waals surface area (Å²) in [6.45, 7) is 1.64. The summed E-state index contributed by atoms with van der Waals surface area (Å²) in [5, 5.41) is 16.5. The molecule has 3 heterocycles.